The Bertz CT molecular complexity index is 1020. The van der Waals surface area contributed by atoms with E-state index in [0.29, 0.717) is 19.0 Å². The van der Waals surface area contributed by atoms with Crippen molar-refractivity contribution in [3.05, 3.63) is 101 Å². The first kappa shape index (κ1) is 18.9. The van der Waals surface area contributed by atoms with Gasteiger partial charge in [-0.15, -0.1) is 0 Å². The van der Waals surface area contributed by atoms with Crippen molar-refractivity contribution in [2.75, 3.05) is 0 Å². The van der Waals surface area contributed by atoms with Crippen LogP contribution in [-0.2, 0) is 29.1 Å². The Hall–Kier alpha value is -3.47. The van der Waals surface area contributed by atoms with Gasteiger partial charge < -0.3 is 10.1 Å². The second kappa shape index (κ2) is 8.69. The molecule has 0 saturated heterocycles. The summed E-state index contributed by atoms with van der Waals surface area (Å²) in [4.78, 5) is 21.4. The number of nitrogens with zero attached hydrogens (tertiary/aromatic N) is 2. The van der Waals surface area contributed by atoms with Crippen LogP contribution in [-0.4, -0.2) is 16.8 Å². The average Bonchev–Trinajstić information content (AvgIpc) is 3.15. The largest absolute Gasteiger partial charge is 0.473 e. The normalized spacial score (nSPS) is 13.3. The van der Waals surface area contributed by atoms with Crippen LogP contribution in [0.3, 0.4) is 0 Å². The van der Waals surface area contributed by atoms with Crippen molar-refractivity contribution < 1.29 is 9.53 Å². The molecule has 5 heteroatoms. The molecule has 0 unspecified atom stereocenters. The molecule has 29 heavy (non-hydrogen) atoms. The van der Waals surface area contributed by atoms with Crippen LogP contribution in [0.15, 0.2) is 77.9 Å². The lowest BCUT2D eigenvalue weighted by Crippen LogP contribution is -2.28. The summed E-state index contributed by atoms with van der Waals surface area (Å²) in [6, 6.07) is 21.8. The van der Waals surface area contributed by atoms with Crippen LogP contribution < -0.4 is 5.32 Å². The number of rotatable bonds is 6. The molecule has 1 N–H and O–H groups in total. The highest BCUT2D eigenvalue weighted by Gasteiger charge is 2.19. The minimum absolute atomic E-state index is 0.0422. The molecule has 1 atom stereocenters. The number of pyridine rings is 1. The van der Waals surface area contributed by atoms with Crippen LogP contribution in [0.1, 0.15) is 40.9 Å². The van der Waals surface area contributed by atoms with Gasteiger partial charge in [0.2, 0.25) is 11.8 Å². The first-order valence-corrected chi connectivity index (χ1v) is 9.72. The van der Waals surface area contributed by atoms with Gasteiger partial charge in [-0.05, 0) is 29.7 Å². The minimum Gasteiger partial charge on any atom is -0.473 e. The molecule has 0 spiro atoms. The van der Waals surface area contributed by atoms with E-state index in [9.17, 15) is 4.79 Å². The number of hydrogen-bond donors (Lipinski definition) is 1. The minimum atomic E-state index is -0.0479. The molecule has 0 bridgehead atoms. The Labute approximate surface area is 170 Å². The fraction of sp³-hybridized carbons (Fsp3) is 0.208. The van der Waals surface area contributed by atoms with Gasteiger partial charge in [0.05, 0.1) is 30.3 Å². The molecule has 4 rings (SSSR count). The topological polar surface area (TPSA) is 63.6 Å². The molecular weight excluding hydrogens is 362 g/mol. The molecule has 1 aliphatic heterocycles. The predicted molar refractivity (Wildman–Crippen MR) is 112 cm³/mol. The van der Waals surface area contributed by atoms with Gasteiger partial charge in [0.15, 0.2) is 0 Å². The number of hydrogen-bond acceptors (Lipinski definition) is 4. The Kier molecular flexibility index (Phi) is 5.66. The van der Waals surface area contributed by atoms with Crippen molar-refractivity contribution >= 4 is 11.8 Å². The highest BCUT2D eigenvalue weighted by Crippen LogP contribution is 2.21. The van der Waals surface area contributed by atoms with Gasteiger partial charge in [0.25, 0.3) is 0 Å². The van der Waals surface area contributed by atoms with Gasteiger partial charge in [-0.3, -0.25) is 9.78 Å². The third kappa shape index (κ3) is 4.69. The van der Waals surface area contributed by atoms with Crippen LogP contribution in [0, 0.1) is 0 Å². The maximum Gasteiger partial charge on any atom is 0.226 e. The van der Waals surface area contributed by atoms with Gasteiger partial charge in [0.1, 0.15) is 6.61 Å². The number of amides is 1. The Balaban J connectivity index is 1.35. The zero-order valence-electron chi connectivity index (χ0n) is 16.3. The third-order valence-electron chi connectivity index (χ3n) is 4.91. The first-order chi connectivity index (χ1) is 14.2. The van der Waals surface area contributed by atoms with Crippen molar-refractivity contribution in [1.82, 2.24) is 10.3 Å². The van der Waals surface area contributed by atoms with E-state index < -0.39 is 0 Å². The van der Waals surface area contributed by atoms with Crippen molar-refractivity contribution in [2.24, 2.45) is 4.99 Å². The summed E-state index contributed by atoms with van der Waals surface area (Å²) >= 11 is 0. The lowest BCUT2D eigenvalue weighted by atomic mass is 10.1. The van der Waals surface area contributed by atoms with Crippen LogP contribution in [0.4, 0.5) is 0 Å². The van der Waals surface area contributed by atoms with Crippen molar-refractivity contribution in [3.63, 3.8) is 0 Å². The zero-order valence-corrected chi connectivity index (χ0v) is 16.3. The smallest absolute Gasteiger partial charge is 0.226 e. The summed E-state index contributed by atoms with van der Waals surface area (Å²) < 4.78 is 5.87. The van der Waals surface area contributed by atoms with E-state index in [1.54, 1.807) is 6.20 Å². The standard InChI is InChI=1S/C24H23N3O2/c1-17(19-10-6-3-7-11-19)27-23(28)13-21-12-20-14-26-24(22(20)15-25-21)29-16-18-8-4-2-5-9-18/h2-12,15,17H,13-14,16H2,1H3,(H,27,28)/t17-/m1/s1. The van der Waals surface area contributed by atoms with E-state index in [1.165, 1.54) is 0 Å². The molecule has 2 heterocycles. The number of carbonyl (C=O) groups is 1. The number of aliphatic imine (C=N–C) groups is 1. The van der Waals surface area contributed by atoms with Gasteiger partial charge in [-0.1, -0.05) is 60.7 Å². The molecule has 3 aromatic rings. The molecule has 1 aromatic heterocycles. The van der Waals surface area contributed by atoms with Gasteiger partial charge >= 0.3 is 0 Å². The number of aromatic nitrogens is 1. The molecule has 1 amide bonds. The van der Waals surface area contributed by atoms with Gasteiger partial charge in [-0.2, -0.15) is 0 Å². The van der Waals surface area contributed by atoms with Gasteiger partial charge in [-0.25, -0.2) is 4.99 Å². The highest BCUT2D eigenvalue weighted by molar-refractivity contribution is 5.97. The number of fused-ring (bicyclic) bond motifs is 1. The van der Waals surface area contributed by atoms with E-state index in [4.69, 9.17) is 4.74 Å². The first-order valence-electron chi connectivity index (χ1n) is 9.72. The summed E-state index contributed by atoms with van der Waals surface area (Å²) in [7, 11) is 0. The molecule has 0 aliphatic carbocycles. The SMILES string of the molecule is C[C@@H](NC(=O)Cc1cc2c(cn1)C(OCc1ccccc1)=NC2)c1ccccc1. The zero-order chi connectivity index (χ0) is 20.1. The Morgan fingerprint density at radius 1 is 1.10 bits per heavy atom. The molecule has 0 saturated carbocycles. The van der Waals surface area contributed by atoms with E-state index in [1.807, 2.05) is 73.7 Å². The Morgan fingerprint density at radius 2 is 1.83 bits per heavy atom. The van der Waals surface area contributed by atoms with E-state index in [2.05, 4.69) is 15.3 Å². The summed E-state index contributed by atoms with van der Waals surface area (Å²) in [5, 5.41) is 3.03. The summed E-state index contributed by atoms with van der Waals surface area (Å²) in [5.41, 5.74) is 4.86. The number of carbonyl (C=O) groups excluding carboxylic acids is 1. The van der Waals surface area contributed by atoms with E-state index in [-0.39, 0.29) is 18.4 Å². The summed E-state index contributed by atoms with van der Waals surface area (Å²) in [6.45, 7) is 3.01. The Morgan fingerprint density at radius 3 is 2.59 bits per heavy atom. The lowest BCUT2D eigenvalue weighted by molar-refractivity contribution is -0.121. The molecule has 5 nitrogen and oxygen atoms in total. The fourth-order valence-corrected chi connectivity index (χ4v) is 3.34. The molecule has 146 valence electrons. The maximum atomic E-state index is 12.4. The van der Waals surface area contributed by atoms with Crippen LogP contribution in [0.5, 0.6) is 0 Å². The fourth-order valence-electron chi connectivity index (χ4n) is 3.34. The average molecular weight is 385 g/mol. The third-order valence-corrected chi connectivity index (χ3v) is 4.91. The number of benzene rings is 2. The van der Waals surface area contributed by atoms with Crippen molar-refractivity contribution in [1.29, 1.82) is 0 Å². The van der Waals surface area contributed by atoms with Crippen LogP contribution in [0.25, 0.3) is 0 Å². The monoisotopic (exact) mass is 385 g/mol. The summed E-state index contributed by atoms with van der Waals surface area (Å²) in [5.74, 6) is 0.568. The van der Waals surface area contributed by atoms with Crippen LogP contribution in [0.2, 0.25) is 0 Å². The molecular formula is C24H23N3O2. The van der Waals surface area contributed by atoms with Crippen LogP contribution >= 0.6 is 0 Å². The lowest BCUT2D eigenvalue weighted by Gasteiger charge is -2.14. The second-order valence-electron chi connectivity index (χ2n) is 7.11. The maximum absolute atomic E-state index is 12.4. The molecule has 1 aliphatic rings. The highest BCUT2D eigenvalue weighted by atomic mass is 16.5. The molecule has 0 radical (unpaired) electrons. The van der Waals surface area contributed by atoms with Crippen molar-refractivity contribution in [3.8, 4) is 0 Å². The quantitative estimate of drug-likeness (QED) is 0.698. The molecule has 2 aromatic carbocycles. The second-order valence-corrected chi connectivity index (χ2v) is 7.11. The van der Waals surface area contributed by atoms with E-state index >= 15 is 0 Å². The van der Waals surface area contributed by atoms with Crippen molar-refractivity contribution in [2.45, 2.75) is 32.5 Å². The predicted octanol–water partition coefficient (Wildman–Crippen LogP) is 3.98. The number of nitrogens with one attached hydrogen (secondary N) is 1. The molecule has 0 fully saturated rings. The van der Waals surface area contributed by atoms with Gasteiger partial charge in [0, 0.05) is 6.20 Å². The summed E-state index contributed by atoms with van der Waals surface area (Å²) in [6.07, 6.45) is 2.00. The van der Waals surface area contributed by atoms with E-state index in [0.717, 1.165) is 27.9 Å². The number of ether oxygens (including phenoxy) is 1.